The fourth-order valence-electron chi connectivity index (χ4n) is 4.27. The Morgan fingerprint density at radius 3 is 2.66 bits per heavy atom. The van der Waals surface area contributed by atoms with Crippen molar-refractivity contribution in [3.05, 3.63) is 30.0 Å². The van der Waals surface area contributed by atoms with Gasteiger partial charge in [-0.15, -0.1) is 12.6 Å². The molecule has 0 bridgehead atoms. The van der Waals surface area contributed by atoms with Gasteiger partial charge in [-0.3, -0.25) is 14.4 Å². The number of ether oxygens (including phenoxy) is 1. The molecule has 0 spiro atoms. The van der Waals surface area contributed by atoms with Crippen molar-refractivity contribution in [2.75, 3.05) is 20.3 Å². The lowest BCUT2D eigenvalue weighted by Crippen LogP contribution is -2.57. The number of rotatable bonds is 11. The molecule has 3 amide bonds. The third-order valence-electron chi connectivity index (χ3n) is 6.21. The molecule has 0 radical (unpaired) electrons. The predicted molar refractivity (Wildman–Crippen MR) is 134 cm³/mol. The van der Waals surface area contributed by atoms with Gasteiger partial charge in [0, 0.05) is 23.4 Å². The quantitative estimate of drug-likeness (QED) is 0.178. The van der Waals surface area contributed by atoms with Crippen LogP contribution in [0.2, 0.25) is 0 Å². The van der Waals surface area contributed by atoms with Crippen LogP contribution in [0.3, 0.4) is 0 Å². The average molecular weight is 507 g/mol. The van der Waals surface area contributed by atoms with Crippen molar-refractivity contribution >= 4 is 41.3 Å². The minimum absolute atomic E-state index is 0.0700. The number of carbonyl (C=O) groups excluding carboxylic acids is 3. The Hall–Kier alpha value is -2.76. The van der Waals surface area contributed by atoms with Gasteiger partial charge in [-0.1, -0.05) is 19.9 Å². The van der Waals surface area contributed by atoms with Gasteiger partial charge in [0.2, 0.25) is 11.8 Å². The second kappa shape index (κ2) is 11.3. The number of hydrogen-bond donors (Lipinski definition) is 7. The molecule has 35 heavy (non-hydrogen) atoms. The normalized spacial score (nSPS) is 19.2. The molecule has 3 rings (SSSR count). The summed E-state index contributed by atoms with van der Waals surface area (Å²) in [6.45, 7) is 3.62. The molecule has 0 saturated carbocycles. The first-order valence-corrected chi connectivity index (χ1v) is 12.1. The number of amides is 3. The zero-order chi connectivity index (χ0) is 25.8. The Kier molecular flexibility index (Phi) is 8.68. The lowest BCUT2D eigenvalue weighted by atomic mass is 9.94. The van der Waals surface area contributed by atoms with E-state index in [4.69, 9.17) is 4.74 Å². The Balaban J connectivity index is 1.78. The molecule has 1 aliphatic rings. The average Bonchev–Trinajstić information content (AvgIpc) is 3.43. The van der Waals surface area contributed by atoms with Crippen LogP contribution in [-0.4, -0.2) is 70.2 Å². The molecule has 1 aromatic carbocycles. The zero-order valence-electron chi connectivity index (χ0n) is 20.1. The number of hydrogen-bond acceptors (Lipinski definition) is 7. The second-order valence-electron chi connectivity index (χ2n) is 9.37. The van der Waals surface area contributed by atoms with Gasteiger partial charge < -0.3 is 35.9 Å². The topological polar surface area (TPSA) is 153 Å². The Morgan fingerprint density at radius 1 is 1.31 bits per heavy atom. The Bertz CT molecular complexity index is 1070. The third kappa shape index (κ3) is 6.47. The first-order chi connectivity index (χ1) is 16.6. The molecule has 1 aromatic heterocycles. The first-order valence-electron chi connectivity index (χ1n) is 11.7. The number of carbonyl (C=O) groups is 3. The van der Waals surface area contributed by atoms with Crippen molar-refractivity contribution < 1.29 is 29.3 Å². The molecule has 11 heteroatoms. The number of H-pyrrole nitrogens is 1. The van der Waals surface area contributed by atoms with Crippen molar-refractivity contribution in [1.29, 1.82) is 0 Å². The standard InChI is InChI=1S/C24H34N4O6S/c1-13(2)9-17(27-22(31)18-11-15-16(26-18)5-4-6-19(15)34-3)23(32)28-20(24(33,35)12-29)10-14-7-8-25-21(14)30/h4-6,11,13-14,17,20,26,29,33,35H,7-10,12H2,1-3H3,(H,25,30)(H,27,31)(H,28,32)/t14-,17-,20-,24-/m0/s1. The van der Waals surface area contributed by atoms with Crippen LogP contribution in [0.15, 0.2) is 24.3 Å². The molecule has 1 fully saturated rings. The first kappa shape index (κ1) is 26.8. The lowest BCUT2D eigenvalue weighted by Gasteiger charge is -2.33. The molecule has 1 aliphatic heterocycles. The fraction of sp³-hybridized carbons (Fsp3) is 0.542. The summed E-state index contributed by atoms with van der Waals surface area (Å²) in [6.07, 6.45) is 0.987. The van der Waals surface area contributed by atoms with Crippen LogP contribution in [-0.2, 0) is 9.59 Å². The molecule has 6 N–H and O–H groups in total. The van der Waals surface area contributed by atoms with E-state index >= 15 is 0 Å². The minimum Gasteiger partial charge on any atom is -0.496 e. The van der Waals surface area contributed by atoms with Crippen molar-refractivity contribution in [1.82, 2.24) is 20.9 Å². The van der Waals surface area contributed by atoms with E-state index in [2.05, 4.69) is 33.6 Å². The number of benzene rings is 1. The van der Waals surface area contributed by atoms with E-state index in [1.54, 1.807) is 25.3 Å². The highest BCUT2D eigenvalue weighted by molar-refractivity contribution is 7.81. The SMILES string of the molecule is COc1cccc2[nH]c(C(=O)N[C@@H](CC(C)C)C(=O)N[C@@H](C[C@@H]3CCNC3=O)[C@@](O)(S)CO)cc12. The predicted octanol–water partition coefficient (Wildman–Crippen LogP) is 0.943. The van der Waals surface area contributed by atoms with Crippen molar-refractivity contribution in [2.24, 2.45) is 11.8 Å². The summed E-state index contributed by atoms with van der Waals surface area (Å²) < 4.78 is 5.35. The largest absolute Gasteiger partial charge is 0.496 e. The summed E-state index contributed by atoms with van der Waals surface area (Å²) in [5.74, 6) is -0.924. The van der Waals surface area contributed by atoms with Crippen molar-refractivity contribution in [2.45, 2.75) is 50.1 Å². The molecule has 0 aliphatic carbocycles. The maximum atomic E-state index is 13.3. The number of aromatic nitrogens is 1. The number of aliphatic hydroxyl groups is 2. The van der Waals surface area contributed by atoms with Crippen molar-refractivity contribution in [3.8, 4) is 5.75 Å². The number of aromatic amines is 1. The zero-order valence-corrected chi connectivity index (χ0v) is 21.0. The van der Waals surface area contributed by atoms with Gasteiger partial charge >= 0.3 is 0 Å². The van der Waals surface area contributed by atoms with E-state index in [0.717, 1.165) is 10.9 Å². The number of aliphatic hydroxyl groups excluding tert-OH is 1. The van der Waals surface area contributed by atoms with E-state index < -0.39 is 41.4 Å². The molecule has 4 atom stereocenters. The van der Waals surface area contributed by atoms with Gasteiger partial charge in [-0.05, 0) is 43.4 Å². The molecule has 1 saturated heterocycles. The Labute approximate surface area is 209 Å². The van der Waals surface area contributed by atoms with Gasteiger partial charge in [0.25, 0.3) is 5.91 Å². The van der Waals surface area contributed by atoms with E-state index in [1.165, 1.54) is 0 Å². The molecule has 0 unspecified atom stereocenters. The van der Waals surface area contributed by atoms with Crippen molar-refractivity contribution in [3.63, 3.8) is 0 Å². The number of thiol groups is 1. The van der Waals surface area contributed by atoms with Crippen LogP contribution in [0.5, 0.6) is 5.75 Å². The minimum atomic E-state index is -1.95. The summed E-state index contributed by atoms with van der Waals surface area (Å²) in [6, 6.07) is 5.14. The van der Waals surface area contributed by atoms with E-state index in [1.807, 2.05) is 19.9 Å². The van der Waals surface area contributed by atoms with Crippen LogP contribution in [0.4, 0.5) is 0 Å². The Morgan fingerprint density at radius 2 is 2.06 bits per heavy atom. The van der Waals surface area contributed by atoms with Crippen LogP contribution in [0.25, 0.3) is 10.9 Å². The second-order valence-corrected chi connectivity index (χ2v) is 10.1. The molecular formula is C24H34N4O6S. The summed E-state index contributed by atoms with van der Waals surface area (Å²) >= 11 is 4.13. The smallest absolute Gasteiger partial charge is 0.268 e. The molecule has 2 aromatic rings. The number of fused-ring (bicyclic) bond motifs is 1. The van der Waals surface area contributed by atoms with E-state index in [9.17, 15) is 24.6 Å². The van der Waals surface area contributed by atoms with Gasteiger partial charge in [0.05, 0.1) is 19.8 Å². The van der Waals surface area contributed by atoms with Crippen LogP contribution in [0, 0.1) is 11.8 Å². The lowest BCUT2D eigenvalue weighted by molar-refractivity contribution is -0.127. The maximum Gasteiger partial charge on any atom is 0.268 e. The number of methoxy groups -OCH3 is 1. The summed E-state index contributed by atoms with van der Waals surface area (Å²) in [5, 5.41) is 29.2. The third-order valence-corrected chi connectivity index (χ3v) is 6.66. The highest BCUT2D eigenvalue weighted by Crippen LogP contribution is 2.27. The monoisotopic (exact) mass is 506 g/mol. The summed E-state index contributed by atoms with van der Waals surface area (Å²) in [5.41, 5.74) is 0.989. The van der Waals surface area contributed by atoms with E-state index in [0.29, 0.717) is 25.1 Å². The van der Waals surface area contributed by atoms with Crippen LogP contribution >= 0.6 is 12.6 Å². The van der Waals surface area contributed by atoms with Crippen LogP contribution < -0.4 is 20.7 Å². The molecular weight excluding hydrogens is 472 g/mol. The van der Waals surface area contributed by atoms with E-state index in [-0.39, 0.29) is 23.9 Å². The summed E-state index contributed by atoms with van der Waals surface area (Å²) in [4.78, 5) is 39.5. The highest BCUT2D eigenvalue weighted by atomic mass is 32.1. The molecule has 10 nitrogen and oxygen atoms in total. The fourth-order valence-corrected chi connectivity index (χ4v) is 4.44. The number of nitrogens with one attached hydrogen (secondary N) is 4. The van der Waals surface area contributed by atoms with Gasteiger partial charge in [-0.25, -0.2) is 0 Å². The van der Waals surface area contributed by atoms with Gasteiger partial charge in [0.15, 0.2) is 4.93 Å². The molecule has 192 valence electrons. The van der Waals surface area contributed by atoms with Gasteiger partial charge in [0.1, 0.15) is 17.5 Å². The molecule has 2 heterocycles. The summed E-state index contributed by atoms with van der Waals surface area (Å²) in [7, 11) is 1.55. The van der Waals surface area contributed by atoms with Gasteiger partial charge in [-0.2, -0.15) is 0 Å². The highest BCUT2D eigenvalue weighted by Gasteiger charge is 2.39. The maximum absolute atomic E-state index is 13.3. The van der Waals surface area contributed by atoms with Crippen LogP contribution in [0.1, 0.15) is 43.6 Å².